The van der Waals surface area contributed by atoms with Crippen molar-refractivity contribution in [2.75, 3.05) is 58.1 Å². The minimum Gasteiger partial charge on any atom is -0.497 e. The van der Waals surface area contributed by atoms with Crippen molar-refractivity contribution >= 4 is 29.5 Å². The van der Waals surface area contributed by atoms with Gasteiger partial charge in [0.15, 0.2) is 11.6 Å². The van der Waals surface area contributed by atoms with E-state index >= 15 is 0 Å². The van der Waals surface area contributed by atoms with Crippen LogP contribution < -0.4 is 15.0 Å². The molecule has 1 amide bonds. The number of aryl methyl sites for hydroxylation is 3. The highest BCUT2D eigenvalue weighted by Gasteiger charge is 2.22. The Labute approximate surface area is 208 Å². The summed E-state index contributed by atoms with van der Waals surface area (Å²) in [5.41, 5.74) is 3.26. The number of carbonyl (C=O) groups is 1. The van der Waals surface area contributed by atoms with E-state index in [0.29, 0.717) is 24.8 Å². The molecule has 0 aliphatic carbocycles. The van der Waals surface area contributed by atoms with Gasteiger partial charge in [-0.25, -0.2) is 4.31 Å². The van der Waals surface area contributed by atoms with Gasteiger partial charge in [0.25, 0.3) is 0 Å². The van der Waals surface area contributed by atoms with E-state index in [1.165, 1.54) is 4.90 Å². The maximum absolute atomic E-state index is 12.6. The number of ether oxygens (including phenoxy) is 1. The van der Waals surface area contributed by atoms with Crippen LogP contribution in [0, 0.1) is 20.8 Å². The summed E-state index contributed by atoms with van der Waals surface area (Å²) < 4.78 is 7.43. The number of hydrogen-bond acceptors (Lipinski definition) is 8. The van der Waals surface area contributed by atoms with Crippen molar-refractivity contribution < 1.29 is 9.53 Å². The van der Waals surface area contributed by atoms with Crippen molar-refractivity contribution in [1.29, 1.82) is 0 Å². The van der Waals surface area contributed by atoms with Gasteiger partial charge in [-0.1, -0.05) is 0 Å². The summed E-state index contributed by atoms with van der Waals surface area (Å²) in [4.78, 5) is 18.3. The largest absolute Gasteiger partial charge is 0.497 e. The minimum atomic E-state index is -0.0624. The zero-order chi connectivity index (χ0) is 24.8. The van der Waals surface area contributed by atoms with Gasteiger partial charge in [0, 0.05) is 37.0 Å². The number of rotatable bonds is 9. The molecule has 0 bridgehead atoms. The van der Waals surface area contributed by atoms with E-state index in [4.69, 9.17) is 4.74 Å². The van der Waals surface area contributed by atoms with Gasteiger partial charge in [0.05, 0.1) is 7.11 Å². The van der Waals surface area contributed by atoms with E-state index < -0.39 is 0 Å². The van der Waals surface area contributed by atoms with E-state index in [0.717, 1.165) is 54.2 Å². The Hall–Kier alpha value is -2.36. The van der Waals surface area contributed by atoms with Crippen LogP contribution in [-0.4, -0.2) is 79.2 Å². The molecule has 0 radical (unpaired) electrons. The molecule has 1 aliphatic rings. The highest BCUT2D eigenvalue weighted by molar-refractivity contribution is 7.97. The molecule has 1 aromatic carbocycles. The lowest BCUT2D eigenvalue weighted by Crippen LogP contribution is -2.42. The Bertz CT molecular complexity index is 968. The van der Waals surface area contributed by atoms with Crippen molar-refractivity contribution in [3.8, 4) is 5.75 Å². The van der Waals surface area contributed by atoms with Crippen LogP contribution >= 0.6 is 11.9 Å². The van der Waals surface area contributed by atoms with Gasteiger partial charge in [-0.05, 0) is 102 Å². The predicted molar refractivity (Wildman–Crippen MR) is 140 cm³/mol. The number of piperidine rings is 1. The zero-order valence-electron chi connectivity index (χ0n) is 21.5. The van der Waals surface area contributed by atoms with Gasteiger partial charge in [-0.2, -0.15) is 0 Å². The van der Waals surface area contributed by atoms with E-state index in [1.807, 2.05) is 32.2 Å². The van der Waals surface area contributed by atoms with Crippen LogP contribution in [0.15, 0.2) is 23.1 Å². The lowest BCUT2D eigenvalue weighted by Gasteiger charge is -2.35. The molecule has 9 heteroatoms. The lowest BCUT2D eigenvalue weighted by molar-refractivity contribution is -0.116. The Morgan fingerprint density at radius 2 is 1.74 bits per heavy atom. The first-order valence-corrected chi connectivity index (χ1v) is 12.5. The van der Waals surface area contributed by atoms with Crippen LogP contribution in [0.4, 0.5) is 11.6 Å². The van der Waals surface area contributed by atoms with Crippen LogP contribution in [0.5, 0.6) is 5.75 Å². The molecule has 2 heterocycles. The molecule has 1 aliphatic heterocycles. The van der Waals surface area contributed by atoms with Crippen LogP contribution in [0.1, 0.15) is 36.0 Å². The lowest BCUT2D eigenvalue weighted by atomic mass is 10.0. The van der Waals surface area contributed by atoms with Gasteiger partial charge in [-0.3, -0.25) is 4.79 Å². The highest BCUT2D eigenvalue weighted by atomic mass is 32.2. The zero-order valence-corrected chi connectivity index (χ0v) is 22.3. The van der Waals surface area contributed by atoms with Crippen molar-refractivity contribution in [1.82, 2.24) is 19.4 Å². The van der Waals surface area contributed by atoms with Crippen molar-refractivity contribution in [3.63, 3.8) is 0 Å². The van der Waals surface area contributed by atoms with Crippen LogP contribution in [0.25, 0.3) is 0 Å². The van der Waals surface area contributed by atoms with Crippen molar-refractivity contribution in [2.45, 2.75) is 51.0 Å². The van der Waals surface area contributed by atoms with E-state index in [-0.39, 0.29) is 5.91 Å². The van der Waals surface area contributed by atoms with E-state index in [1.54, 1.807) is 19.1 Å². The van der Waals surface area contributed by atoms with E-state index in [9.17, 15) is 4.79 Å². The number of hydrogen-bond donors (Lipinski definition) is 1. The quantitative estimate of drug-likeness (QED) is 0.535. The number of carbonyl (C=O) groups excluding carboxylic acids is 1. The number of amides is 1. The number of nitrogens with zero attached hydrogens (tertiary/aromatic N) is 5. The third-order valence-corrected chi connectivity index (χ3v) is 7.64. The minimum absolute atomic E-state index is 0.0624. The summed E-state index contributed by atoms with van der Waals surface area (Å²) in [7, 11) is 7.96. The third-order valence-electron chi connectivity index (χ3n) is 6.32. The molecule has 0 unspecified atom stereocenters. The van der Waals surface area contributed by atoms with E-state index in [2.05, 4.69) is 57.6 Å². The summed E-state index contributed by atoms with van der Waals surface area (Å²) >= 11 is 1.65. The van der Waals surface area contributed by atoms with Crippen LogP contribution in [0.3, 0.4) is 0 Å². The normalized spacial score (nSPS) is 14.7. The second-order valence-corrected chi connectivity index (χ2v) is 10.5. The first-order valence-electron chi connectivity index (χ1n) is 11.8. The molecule has 1 N–H and O–H groups in total. The molecule has 1 fully saturated rings. The summed E-state index contributed by atoms with van der Waals surface area (Å²) in [5, 5.41) is 11.6. The summed E-state index contributed by atoms with van der Waals surface area (Å²) in [6.45, 7) is 8.69. The molecular weight excluding hydrogens is 448 g/mol. The molecule has 0 spiro atoms. The number of methoxy groups -OCH3 is 1. The topological polar surface area (TPSA) is 73.8 Å². The smallest absolute Gasteiger partial charge is 0.226 e. The Morgan fingerprint density at radius 3 is 2.29 bits per heavy atom. The first kappa shape index (κ1) is 26.2. The highest BCUT2D eigenvalue weighted by Crippen LogP contribution is 2.32. The SMILES string of the molecule is COc1cc(C)c(SN(C)CCC(=O)Nc2nnc(N3CCC(N(C)C)CC3)cc2C)c(C)c1. The fourth-order valence-electron chi connectivity index (χ4n) is 4.19. The average Bonchev–Trinajstić information content (AvgIpc) is 2.81. The number of anilines is 2. The van der Waals surface area contributed by atoms with Crippen molar-refractivity contribution in [2.24, 2.45) is 0 Å². The number of benzene rings is 1. The number of aromatic nitrogens is 2. The van der Waals surface area contributed by atoms with Crippen LogP contribution in [-0.2, 0) is 4.79 Å². The molecule has 0 atom stereocenters. The molecular formula is C25H38N6O2S. The van der Waals surface area contributed by atoms with Gasteiger partial charge in [-0.15, -0.1) is 10.2 Å². The predicted octanol–water partition coefficient (Wildman–Crippen LogP) is 3.91. The summed E-state index contributed by atoms with van der Waals surface area (Å²) in [6, 6.07) is 6.71. The fraction of sp³-hybridized carbons (Fsp3) is 0.560. The molecule has 186 valence electrons. The number of nitrogens with one attached hydrogen (secondary N) is 1. The van der Waals surface area contributed by atoms with Crippen molar-refractivity contribution in [3.05, 3.63) is 34.9 Å². The second kappa shape index (κ2) is 11.9. The second-order valence-electron chi connectivity index (χ2n) is 9.25. The van der Waals surface area contributed by atoms with Gasteiger partial charge < -0.3 is 19.9 Å². The maximum Gasteiger partial charge on any atom is 0.226 e. The van der Waals surface area contributed by atoms with Gasteiger partial charge in [0.2, 0.25) is 5.91 Å². The summed E-state index contributed by atoms with van der Waals surface area (Å²) in [6.07, 6.45) is 2.61. The first-order chi connectivity index (χ1) is 16.2. The molecule has 1 aromatic heterocycles. The average molecular weight is 487 g/mol. The van der Waals surface area contributed by atoms with Gasteiger partial charge >= 0.3 is 0 Å². The van der Waals surface area contributed by atoms with Crippen LogP contribution in [0.2, 0.25) is 0 Å². The molecule has 3 rings (SSSR count). The Balaban J connectivity index is 1.50. The molecule has 1 saturated heterocycles. The standard InChI is InChI=1S/C25H38N6O2S/c1-17-14-21(33-7)15-18(2)24(17)34-30(6)11-10-23(32)26-25-19(3)16-22(27-28-25)31-12-8-20(9-13-31)29(4)5/h14-16,20H,8-13H2,1-7H3,(H,26,28,32). The molecule has 2 aromatic rings. The monoisotopic (exact) mass is 486 g/mol. The Morgan fingerprint density at radius 1 is 1.09 bits per heavy atom. The Kier molecular flexibility index (Phi) is 9.16. The third kappa shape index (κ3) is 6.84. The summed E-state index contributed by atoms with van der Waals surface area (Å²) in [5.74, 6) is 2.22. The molecule has 8 nitrogen and oxygen atoms in total. The maximum atomic E-state index is 12.6. The van der Waals surface area contributed by atoms with Gasteiger partial charge in [0.1, 0.15) is 5.75 Å². The molecule has 34 heavy (non-hydrogen) atoms. The fourth-order valence-corrected chi connectivity index (χ4v) is 5.09. The molecule has 0 saturated carbocycles.